The lowest BCUT2D eigenvalue weighted by molar-refractivity contribution is -0.123. The number of halogens is 2. The number of thioether (sulfide) groups is 1. The average molecular weight is 620 g/mol. The Labute approximate surface area is 227 Å². The Kier molecular flexibility index (Phi) is 8.41. The number of aryl methyl sites for hydroxylation is 1. The van der Waals surface area contributed by atoms with Crippen LogP contribution in [0.25, 0.3) is 6.08 Å². The molecule has 1 heterocycles. The molecule has 0 N–H and O–H groups in total. The summed E-state index contributed by atoms with van der Waals surface area (Å²) in [7, 11) is 0. The van der Waals surface area contributed by atoms with E-state index in [1.165, 1.54) is 4.90 Å². The Balaban J connectivity index is 1.54. The quantitative estimate of drug-likeness (QED) is 0.193. The molecular weight excluding hydrogens is 597 g/mol. The van der Waals surface area contributed by atoms with Gasteiger partial charge < -0.3 is 9.47 Å². The SMILES string of the molecule is CCOc1cc(/C=C2\SC(=O)N(Cc3ccc(C)cc3)C2=O)cc(I)c1OCc1ccc(Cl)cc1. The summed E-state index contributed by atoms with van der Waals surface area (Å²) in [4.78, 5) is 27.2. The highest BCUT2D eigenvalue weighted by molar-refractivity contribution is 14.1. The summed E-state index contributed by atoms with van der Waals surface area (Å²) in [5.74, 6) is 0.919. The number of hydrogen-bond donors (Lipinski definition) is 0. The van der Waals surface area contributed by atoms with Crippen molar-refractivity contribution in [3.8, 4) is 11.5 Å². The van der Waals surface area contributed by atoms with Gasteiger partial charge in [-0.15, -0.1) is 0 Å². The van der Waals surface area contributed by atoms with E-state index in [-0.39, 0.29) is 17.7 Å². The maximum Gasteiger partial charge on any atom is 0.293 e. The van der Waals surface area contributed by atoms with Crippen LogP contribution in [-0.4, -0.2) is 22.7 Å². The fourth-order valence-corrected chi connectivity index (χ4v) is 5.22. The second-order valence-corrected chi connectivity index (χ2v) is 10.5. The van der Waals surface area contributed by atoms with E-state index in [0.29, 0.717) is 34.6 Å². The smallest absolute Gasteiger partial charge is 0.293 e. The average Bonchev–Trinajstić information content (AvgIpc) is 3.08. The van der Waals surface area contributed by atoms with Gasteiger partial charge in [0.05, 0.1) is 21.6 Å². The molecule has 0 aliphatic carbocycles. The van der Waals surface area contributed by atoms with Crippen molar-refractivity contribution in [2.75, 3.05) is 6.61 Å². The molecule has 4 rings (SSSR count). The summed E-state index contributed by atoms with van der Waals surface area (Å²) in [6.07, 6.45) is 1.73. The minimum Gasteiger partial charge on any atom is -0.490 e. The van der Waals surface area contributed by atoms with Crippen LogP contribution in [0.1, 0.15) is 29.2 Å². The highest BCUT2D eigenvalue weighted by atomic mass is 127. The predicted octanol–water partition coefficient (Wildman–Crippen LogP) is 7.47. The van der Waals surface area contributed by atoms with Gasteiger partial charge in [-0.2, -0.15) is 0 Å². The van der Waals surface area contributed by atoms with Crippen molar-refractivity contribution in [1.29, 1.82) is 0 Å². The van der Waals surface area contributed by atoms with E-state index < -0.39 is 0 Å². The highest BCUT2D eigenvalue weighted by Gasteiger charge is 2.35. The Morgan fingerprint density at radius 2 is 1.69 bits per heavy atom. The van der Waals surface area contributed by atoms with Crippen LogP contribution in [0, 0.1) is 10.5 Å². The van der Waals surface area contributed by atoms with Crippen molar-refractivity contribution in [3.63, 3.8) is 0 Å². The lowest BCUT2D eigenvalue weighted by atomic mass is 10.1. The lowest BCUT2D eigenvalue weighted by Crippen LogP contribution is -2.27. The predicted molar refractivity (Wildman–Crippen MR) is 149 cm³/mol. The summed E-state index contributed by atoms with van der Waals surface area (Å²) < 4.78 is 12.8. The summed E-state index contributed by atoms with van der Waals surface area (Å²) in [6, 6.07) is 19.0. The molecule has 2 amide bonds. The van der Waals surface area contributed by atoms with Crippen LogP contribution in [0.4, 0.5) is 4.79 Å². The monoisotopic (exact) mass is 619 g/mol. The van der Waals surface area contributed by atoms with E-state index in [9.17, 15) is 9.59 Å². The molecule has 3 aromatic carbocycles. The van der Waals surface area contributed by atoms with E-state index in [1.54, 1.807) is 6.08 Å². The summed E-state index contributed by atoms with van der Waals surface area (Å²) in [5.41, 5.74) is 3.79. The molecule has 0 saturated carbocycles. The molecular formula is C27H23ClINO4S. The summed E-state index contributed by atoms with van der Waals surface area (Å²) in [5, 5.41) is 0.399. The van der Waals surface area contributed by atoms with Crippen LogP contribution in [0.2, 0.25) is 5.02 Å². The second kappa shape index (κ2) is 11.5. The maximum atomic E-state index is 13.0. The molecule has 3 aromatic rings. The van der Waals surface area contributed by atoms with Crippen molar-refractivity contribution >= 4 is 63.2 Å². The molecule has 1 aliphatic heterocycles. The van der Waals surface area contributed by atoms with Crippen LogP contribution >= 0.6 is 46.0 Å². The van der Waals surface area contributed by atoms with Crippen LogP contribution in [-0.2, 0) is 17.9 Å². The highest BCUT2D eigenvalue weighted by Crippen LogP contribution is 2.38. The number of carbonyl (C=O) groups excluding carboxylic acids is 2. The first-order valence-electron chi connectivity index (χ1n) is 11.0. The summed E-state index contributed by atoms with van der Waals surface area (Å²) >= 11 is 9.11. The van der Waals surface area contributed by atoms with Gasteiger partial charge in [0.15, 0.2) is 11.5 Å². The van der Waals surface area contributed by atoms with Crippen molar-refractivity contribution in [2.24, 2.45) is 0 Å². The van der Waals surface area contributed by atoms with E-state index >= 15 is 0 Å². The van der Waals surface area contributed by atoms with Gasteiger partial charge in [-0.05, 0) is 95.2 Å². The zero-order valence-corrected chi connectivity index (χ0v) is 22.9. The Morgan fingerprint density at radius 3 is 2.37 bits per heavy atom. The molecule has 0 bridgehead atoms. The molecule has 8 heteroatoms. The van der Waals surface area contributed by atoms with Gasteiger partial charge in [-0.1, -0.05) is 53.6 Å². The molecule has 0 radical (unpaired) electrons. The van der Waals surface area contributed by atoms with Gasteiger partial charge >= 0.3 is 0 Å². The Hall–Kier alpha value is -2.49. The van der Waals surface area contributed by atoms with Gasteiger partial charge in [0, 0.05) is 5.02 Å². The second-order valence-electron chi connectivity index (χ2n) is 7.93. The number of carbonyl (C=O) groups is 2. The molecule has 5 nitrogen and oxygen atoms in total. The van der Waals surface area contributed by atoms with Crippen molar-refractivity contribution in [2.45, 2.75) is 27.0 Å². The number of hydrogen-bond acceptors (Lipinski definition) is 5. The summed E-state index contributed by atoms with van der Waals surface area (Å²) in [6.45, 7) is 4.98. The lowest BCUT2D eigenvalue weighted by Gasteiger charge is -2.15. The van der Waals surface area contributed by atoms with Crippen LogP contribution in [0.3, 0.4) is 0 Å². The van der Waals surface area contributed by atoms with Gasteiger partial charge in [-0.3, -0.25) is 14.5 Å². The third-order valence-corrected chi connectivity index (χ3v) is 7.22. The maximum absolute atomic E-state index is 13.0. The normalized spacial score (nSPS) is 14.6. The van der Waals surface area contributed by atoms with Gasteiger partial charge in [-0.25, -0.2) is 0 Å². The molecule has 1 aliphatic rings. The Bertz CT molecular complexity index is 1280. The first-order chi connectivity index (χ1) is 16.8. The molecule has 0 atom stereocenters. The van der Waals surface area contributed by atoms with Gasteiger partial charge in [0.1, 0.15) is 6.61 Å². The fourth-order valence-electron chi connectivity index (χ4n) is 3.47. The molecule has 180 valence electrons. The first-order valence-corrected chi connectivity index (χ1v) is 13.3. The molecule has 0 unspecified atom stereocenters. The number of ether oxygens (including phenoxy) is 2. The Morgan fingerprint density at radius 1 is 1.00 bits per heavy atom. The molecule has 35 heavy (non-hydrogen) atoms. The standard InChI is InChI=1S/C27H23ClINO4S/c1-3-33-23-13-20(12-22(29)25(23)34-16-19-8-10-21(28)11-9-19)14-24-26(31)30(27(32)35-24)15-18-6-4-17(2)5-7-18/h4-14H,3,15-16H2,1-2H3/b24-14-. The van der Waals surface area contributed by atoms with Crippen LogP contribution < -0.4 is 9.47 Å². The van der Waals surface area contributed by atoms with Gasteiger partial charge in [0.2, 0.25) is 0 Å². The van der Waals surface area contributed by atoms with E-state index in [4.69, 9.17) is 21.1 Å². The molecule has 0 aromatic heterocycles. The minimum absolute atomic E-state index is 0.251. The van der Waals surface area contributed by atoms with E-state index in [0.717, 1.165) is 37.6 Å². The minimum atomic E-state index is -0.295. The third kappa shape index (κ3) is 6.39. The number of benzene rings is 3. The molecule has 1 fully saturated rings. The van der Waals surface area contributed by atoms with Crippen LogP contribution in [0.15, 0.2) is 65.6 Å². The van der Waals surface area contributed by atoms with Crippen molar-refractivity contribution < 1.29 is 19.1 Å². The zero-order chi connectivity index (χ0) is 24.9. The zero-order valence-electron chi connectivity index (χ0n) is 19.2. The van der Waals surface area contributed by atoms with Crippen LogP contribution in [0.5, 0.6) is 11.5 Å². The largest absolute Gasteiger partial charge is 0.490 e. The fraction of sp³-hybridized carbons (Fsp3) is 0.185. The topological polar surface area (TPSA) is 55.8 Å². The number of imide groups is 1. The number of amides is 2. The molecule has 1 saturated heterocycles. The van der Waals surface area contributed by atoms with Crippen molar-refractivity contribution in [3.05, 3.63) is 96.4 Å². The number of nitrogens with zero attached hydrogens (tertiary/aromatic N) is 1. The van der Waals surface area contributed by atoms with E-state index in [1.807, 2.05) is 74.5 Å². The first kappa shape index (κ1) is 25.6. The van der Waals surface area contributed by atoms with E-state index in [2.05, 4.69) is 22.6 Å². The van der Waals surface area contributed by atoms with Crippen molar-refractivity contribution in [1.82, 2.24) is 4.90 Å². The third-order valence-electron chi connectivity index (χ3n) is 5.26. The molecule has 0 spiro atoms. The van der Waals surface area contributed by atoms with Gasteiger partial charge in [0.25, 0.3) is 11.1 Å². The number of rotatable bonds is 8.